The highest BCUT2D eigenvalue weighted by Crippen LogP contribution is 2.12. The Labute approximate surface area is 120 Å². The summed E-state index contributed by atoms with van der Waals surface area (Å²) < 4.78 is 23.0. The van der Waals surface area contributed by atoms with Gasteiger partial charge in [-0.05, 0) is 42.5 Å². The average molecular weight is 295 g/mol. The van der Waals surface area contributed by atoms with Crippen LogP contribution in [0.5, 0.6) is 5.75 Å². The molecule has 0 spiro atoms. The molecule has 0 aliphatic carbocycles. The Hall–Kier alpha value is -2.07. The molecule has 0 aliphatic heterocycles. The molecule has 20 heavy (non-hydrogen) atoms. The zero-order valence-electron chi connectivity index (χ0n) is 10.5. The molecule has 0 bridgehead atoms. The van der Waals surface area contributed by atoms with Gasteiger partial charge in [0.05, 0.1) is 5.56 Å². The number of rotatable bonds is 5. The minimum absolute atomic E-state index is 0.0999. The number of ether oxygens (including phenoxy) is 2. The fourth-order valence-electron chi connectivity index (χ4n) is 1.52. The second kappa shape index (κ2) is 6.91. The topological polar surface area (TPSA) is 35.5 Å². The van der Waals surface area contributed by atoms with Crippen molar-refractivity contribution in [3.63, 3.8) is 0 Å². The summed E-state index contributed by atoms with van der Waals surface area (Å²) >= 11 is 5.78. The highest BCUT2D eigenvalue weighted by molar-refractivity contribution is 6.30. The van der Waals surface area contributed by atoms with E-state index in [-0.39, 0.29) is 19.0 Å². The van der Waals surface area contributed by atoms with Gasteiger partial charge in [-0.15, -0.1) is 0 Å². The third-order valence-corrected chi connectivity index (χ3v) is 2.69. The maximum absolute atomic E-state index is 12.7. The van der Waals surface area contributed by atoms with Crippen LogP contribution in [-0.4, -0.2) is 19.2 Å². The molecular weight excluding hydrogens is 283 g/mol. The molecule has 0 N–H and O–H groups in total. The standard InChI is InChI=1S/C15H12ClFO3/c16-12-3-1-2-11(10-12)15(18)20-9-8-19-14-6-4-13(17)5-7-14/h1-7,10H,8-9H2. The molecule has 0 heterocycles. The van der Waals surface area contributed by atoms with Crippen LogP contribution >= 0.6 is 11.6 Å². The molecule has 0 unspecified atom stereocenters. The van der Waals surface area contributed by atoms with Gasteiger partial charge in [-0.25, -0.2) is 9.18 Å². The first-order valence-electron chi connectivity index (χ1n) is 5.96. The highest BCUT2D eigenvalue weighted by Gasteiger charge is 2.07. The Morgan fingerprint density at radius 2 is 1.85 bits per heavy atom. The van der Waals surface area contributed by atoms with Crippen LogP contribution in [0, 0.1) is 5.82 Å². The Bertz CT molecular complexity index is 584. The number of carbonyl (C=O) groups is 1. The maximum Gasteiger partial charge on any atom is 0.338 e. The maximum atomic E-state index is 12.7. The summed E-state index contributed by atoms with van der Waals surface area (Å²) in [4.78, 5) is 11.7. The smallest absolute Gasteiger partial charge is 0.338 e. The van der Waals surface area contributed by atoms with Crippen LogP contribution in [-0.2, 0) is 4.74 Å². The molecule has 104 valence electrons. The van der Waals surface area contributed by atoms with Crippen molar-refractivity contribution in [1.82, 2.24) is 0 Å². The van der Waals surface area contributed by atoms with E-state index in [2.05, 4.69) is 0 Å². The Morgan fingerprint density at radius 1 is 1.10 bits per heavy atom. The molecule has 2 aromatic carbocycles. The van der Waals surface area contributed by atoms with Gasteiger partial charge in [0.1, 0.15) is 24.8 Å². The summed E-state index contributed by atoms with van der Waals surface area (Å²) in [5.41, 5.74) is 0.388. The van der Waals surface area contributed by atoms with Gasteiger partial charge < -0.3 is 9.47 Å². The summed E-state index contributed by atoms with van der Waals surface area (Å²) in [6.45, 7) is 0.292. The van der Waals surface area contributed by atoms with Crippen LogP contribution in [0.2, 0.25) is 5.02 Å². The lowest BCUT2D eigenvalue weighted by atomic mass is 10.2. The second-order valence-electron chi connectivity index (χ2n) is 3.95. The van der Waals surface area contributed by atoms with Gasteiger partial charge in [-0.2, -0.15) is 0 Å². The van der Waals surface area contributed by atoms with Gasteiger partial charge in [0.25, 0.3) is 0 Å². The number of halogens is 2. The third-order valence-electron chi connectivity index (χ3n) is 2.46. The fourth-order valence-corrected chi connectivity index (χ4v) is 1.71. The lowest BCUT2D eigenvalue weighted by Crippen LogP contribution is -2.12. The zero-order chi connectivity index (χ0) is 14.4. The van der Waals surface area contributed by atoms with E-state index in [1.54, 1.807) is 18.2 Å². The molecule has 3 nitrogen and oxygen atoms in total. The van der Waals surface area contributed by atoms with Gasteiger partial charge in [-0.3, -0.25) is 0 Å². The first-order valence-corrected chi connectivity index (χ1v) is 6.34. The van der Waals surface area contributed by atoms with Crippen molar-refractivity contribution < 1.29 is 18.7 Å². The van der Waals surface area contributed by atoms with Crippen LogP contribution in [0.4, 0.5) is 4.39 Å². The molecule has 0 atom stereocenters. The van der Waals surface area contributed by atoms with E-state index in [0.29, 0.717) is 16.3 Å². The van der Waals surface area contributed by atoms with Crippen molar-refractivity contribution in [3.05, 3.63) is 64.9 Å². The molecule has 0 aliphatic rings. The molecule has 5 heteroatoms. The van der Waals surface area contributed by atoms with Crippen LogP contribution < -0.4 is 4.74 Å². The molecule has 0 amide bonds. The SMILES string of the molecule is O=C(OCCOc1ccc(F)cc1)c1cccc(Cl)c1. The van der Waals surface area contributed by atoms with Crippen LogP contribution in [0.15, 0.2) is 48.5 Å². The van der Waals surface area contributed by atoms with Crippen molar-refractivity contribution in [3.8, 4) is 5.75 Å². The minimum Gasteiger partial charge on any atom is -0.490 e. The summed E-state index contributed by atoms with van der Waals surface area (Å²) in [5.74, 6) is -0.273. The number of esters is 1. The van der Waals surface area contributed by atoms with Gasteiger partial charge >= 0.3 is 5.97 Å². The van der Waals surface area contributed by atoms with Crippen LogP contribution in [0.25, 0.3) is 0 Å². The lowest BCUT2D eigenvalue weighted by Gasteiger charge is -2.07. The minimum atomic E-state index is -0.463. The second-order valence-corrected chi connectivity index (χ2v) is 4.39. The third kappa shape index (κ3) is 4.24. The molecule has 0 saturated heterocycles. The van der Waals surface area contributed by atoms with Gasteiger partial charge in [0, 0.05) is 5.02 Å². The van der Waals surface area contributed by atoms with E-state index >= 15 is 0 Å². The lowest BCUT2D eigenvalue weighted by molar-refractivity contribution is 0.0450. The normalized spacial score (nSPS) is 10.1. The van der Waals surface area contributed by atoms with Crippen LogP contribution in [0.3, 0.4) is 0 Å². The summed E-state index contributed by atoms with van der Waals surface area (Å²) in [6.07, 6.45) is 0. The summed E-state index contributed by atoms with van der Waals surface area (Å²) in [5, 5.41) is 0.474. The van der Waals surface area contributed by atoms with Crippen molar-refractivity contribution in [2.75, 3.05) is 13.2 Å². The average Bonchev–Trinajstić information content (AvgIpc) is 2.45. The van der Waals surface area contributed by atoms with Gasteiger partial charge in [0.2, 0.25) is 0 Å². The van der Waals surface area contributed by atoms with E-state index in [9.17, 15) is 9.18 Å². The van der Waals surface area contributed by atoms with Crippen molar-refractivity contribution in [2.45, 2.75) is 0 Å². The monoisotopic (exact) mass is 294 g/mol. The molecule has 0 aromatic heterocycles. The molecule has 0 radical (unpaired) electrons. The predicted octanol–water partition coefficient (Wildman–Crippen LogP) is 3.71. The highest BCUT2D eigenvalue weighted by atomic mass is 35.5. The molecular formula is C15H12ClFO3. The van der Waals surface area contributed by atoms with Crippen molar-refractivity contribution in [2.24, 2.45) is 0 Å². The summed E-state index contributed by atoms with van der Waals surface area (Å²) in [6, 6.07) is 12.1. The molecule has 2 aromatic rings. The number of carbonyl (C=O) groups excluding carboxylic acids is 1. The number of benzene rings is 2. The fraction of sp³-hybridized carbons (Fsp3) is 0.133. The zero-order valence-corrected chi connectivity index (χ0v) is 11.3. The molecule has 0 fully saturated rings. The number of hydrogen-bond donors (Lipinski definition) is 0. The van der Waals surface area contributed by atoms with E-state index in [1.807, 2.05) is 0 Å². The van der Waals surface area contributed by atoms with E-state index in [1.165, 1.54) is 30.3 Å². The first kappa shape index (κ1) is 14.3. The predicted molar refractivity (Wildman–Crippen MR) is 73.6 cm³/mol. The largest absolute Gasteiger partial charge is 0.490 e. The van der Waals surface area contributed by atoms with E-state index in [0.717, 1.165) is 0 Å². The van der Waals surface area contributed by atoms with Crippen LogP contribution in [0.1, 0.15) is 10.4 Å². The van der Waals surface area contributed by atoms with Gasteiger partial charge in [0.15, 0.2) is 0 Å². The van der Waals surface area contributed by atoms with Gasteiger partial charge in [-0.1, -0.05) is 17.7 Å². The van der Waals surface area contributed by atoms with E-state index < -0.39 is 5.97 Å². The molecule has 0 saturated carbocycles. The molecule has 2 rings (SSSR count). The van der Waals surface area contributed by atoms with Crippen molar-refractivity contribution >= 4 is 17.6 Å². The number of hydrogen-bond acceptors (Lipinski definition) is 3. The van der Waals surface area contributed by atoms with Crippen molar-refractivity contribution in [1.29, 1.82) is 0 Å². The first-order chi connectivity index (χ1) is 9.65. The Balaban J connectivity index is 1.76. The Morgan fingerprint density at radius 3 is 2.55 bits per heavy atom. The quantitative estimate of drug-likeness (QED) is 0.623. The van der Waals surface area contributed by atoms with E-state index in [4.69, 9.17) is 21.1 Å². The Kier molecular flexibility index (Phi) is 4.96. The summed E-state index contributed by atoms with van der Waals surface area (Å²) in [7, 11) is 0.